The summed E-state index contributed by atoms with van der Waals surface area (Å²) in [6.07, 6.45) is 0. The van der Waals surface area contributed by atoms with Gasteiger partial charge in [-0.2, -0.15) is 0 Å². The Morgan fingerprint density at radius 2 is 2.04 bits per heavy atom. The maximum atomic E-state index is 12.6. The second-order valence-electron chi connectivity index (χ2n) is 5.85. The van der Waals surface area contributed by atoms with Crippen LogP contribution in [0.5, 0.6) is 0 Å². The Balaban J connectivity index is 2.20. The number of carbonyl (C=O) groups is 2. The molecule has 3 rings (SSSR count). The molecule has 0 aromatic heterocycles. The van der Waals surface area contributed by atoms with Crippen LogP contribution in [0.4, 0.5) is 16.2 Å². The van der Waals surface area contributed by atoms with Crippen molar-refractivity contribution in [2.75, 3.05) is 18.4 Å². The van der Waals surface area contributed by atoms with Crippen LogP contribution >= 0.6 is 0 Å². The number of fused-ring (bicyclic) bond motifs is 1. The van der Waals surface area contributed by atoms with Crippen molar-refractivity contribution in [3.63, 3.8) is 0 Å². The number of nitrogens with zero attached hydrogens (tertiary/aromatic N) is 2. The number of benzene rings is 2. The fraction of sp³-hybridized carbons (Fsp3) is 0.222. The Morgan fingerprint density at radius 1 is 1.31 bits per heavy atom. The first-order valence-corrected chi connectivity index (χ1v) is 8.19. The highest BCUT2D eigenvalue weighted by molar-refractivity contribution is 5.97. The number of anilines is 1. The minimum Gasteiger partial charge on any atom is -0.338 e. The standard InChI is InChI=1S/C18H18N4O4/c1-2-19-18(24)21-11-16(23)20-15-9-8-13(22(25)26)10-14(15)17(21)12-6-4-3-5-7-12/h3-10,17H,2,11H2,1H3,(H,19,24)(H,20,23). The van der Waals surface area contributed by atoms with Crippen molar-refractivity contribution in [2.45, 2.75) is 13.0 Å². The van der Waals surface area contributed by atoms with Crippen LogP contribution in [0.25, 0.3) is 0 Å². The van der Waals surface area contributed by atoms with Gasteiger partial charge in [0.15, 0.2) is 0 Å². The monoisotopic (exact) mass is 354 g/mol. The van der Waals surface area contributed by atoms with Gasteiger partial charge in [-0.25, -0.2) is 4.79 Å². The first-order valence-electron chi connectivity index (χ1n) is 8.19. The molecule has 0 aliphatic carbocycles. The molecule has 0 bridgehead atoms. The molecule has 0 fully saturated rings. The molecular formula is C18H18N4O4. The van der Waals surface area contributed by atoms with Crippen molar-refractivity contribution in [3.8, 4) is 0 Å². The average Bonchev–Trinajstić information content (AvgIpc) is 2.77. The Labute approximate surface area is 150 Å². The maximum Gasteiger partial charge on any atom is 0.318 e. The van der Waals surface area contributed by atoms with Crippen molar-refractivity contribution in [2.24, 2.45) is 0 Å². The molecule has 8 heteroatoms. The molecule has 8 nitrogen and oxygen atoms in total. The van der Waals surface area contributed by atoms with E-state index in [1.54, 1.807) is 6.92 Å². The van der Waals surface area contributed by atoms with E-state index in [1.165, 1.54) is 23.1 Å². The van der Waals surface area contributed by atoms with Gasteiger partial charge in [-0.05, 0) is 18.6 Å². The highest BCUT2D eigenvalue weighted by Crippen LogP contribution is 2.37. The van der Waals surface area contributed by atoms with Crippen molar-refractivity contribution >= 4 is 23.3 Å². The van der Waals surface area contributed by atoms with Crippen molar-refractivity contribution in [3.05, 3.63) is 69.8 Å². The highest BCUT2D eigenvalue weighted by atomic mass is 16.6. The Bertz CT molecular complexity index is 854. The third-order valence-corrected chi connectivity index (χ3v) is 4.14. The number of nitro benzene ring substituents is 1. The third kappa shape index (κ3) is 3.34. The maximum absolute atomic E-state index is 12.6. The molecule has 0 saturated carbocycles. The van der Waals surface area contributed by atoms with Gasteiger partial charge in [-0.3, -0.25) is 14.9 Å². The summed E-state index contributed by atoms with van der Waals surface area (Å²) in [6.45, 7) is 2.03. The van der Waals surface area contributed by atoms with E-state index in [-0.39, 0.29) is 18.1 Å². The minimum absolute atomic E-state index is 0.100. The smallest absolute Gasteiger partial charge is 0.318 e. The van der Waals surface area contributed by atoms with Gasteiger partial charge in [0, 0.05) is 29.9 Å². The normalized spacial score (nSPS) is 16.3. The molecule has 1 unspecified atom stereocenters. The van der Waals surface area contributed by atoms with Crippen molar-refractivity contribution in [1.82, 2.24) is 10.2 Å². The lowest BCUT2D eigenvalue weighted by molar-refractivity contribution is -0.384. The number of hydrogen-bond donors (Lipinski definition) is 2. The van der Waals surface area contributed by atoms with Crippen LogP contribution < -0.4 is 10.6 Å². The molecule has 26 heavy (non-hydrogen) atoms. The van der Waals surface area contributed by atoms with Gasteiger partial charge in [-0.1, -0.05) is 30.3 Å². The lowest BCUT2D eigenvalue weighted by Crippen LogP contribution is -2.44. The molecule has 2 N–H and O–H groups in total. The fourth-order valence-corrected chi connectivity index (χ4v) is 3.04. The summed E-state index contributed by atoms with van der Waals surface area (Å²) in [4.78, 5) is 37.0. The molecule has 1 atom stereocenters. The molecule has 2 aromatic carbocycles. The largest absolute Gasteiger partial charge is 0.338 e. The molecule has 1 aliphatic rings. The molecule has 0 saturated heterocycles. The molecule has 3 amide bonds. The number of nitro groups is 1. The Hall–Kier alpha value is -3.42. The summed E-state index contributed by atoms with van der Waals surface area (Å²) >= 11 is 0. The zero-order chi connectivity index (χ0) is 18.7. The summed E-state index contributed by atoms with van der Waals surface area (Å²) < 4.78 is 0. The van der Waals surface area contributed by atoms with Crippen LogP contribution in [-0.4, -0.2) is 34.9 Å². The lowest BCUT2D eigenvalue weighted by Gasteiger charge is -2.30. The van der Waals surface area contributed by atoms with Crippen LogP contribution in [0.3, 0.4) is 0 Å². The van der Waals surface area contributed by atoms with E-state index in [9.17, 15) is 19.7 Å². The van der Waals surface area contributed by atoms with Gasteiger partial charge in [0.1, 0.15) is 6.54 Å². The molecule has 1 aliphatic heterocycles. The molecular weight excluding hydrogens is 336 g/mol. The van der Waals surface area contributed by atoms with Crippen LogP contribution in [0.15, 0.2) is 48.5 Å². The SMILES string of the molecule is CCNC(=O)N1CC(=O)Nc2ccc([N+](=O)[O-])cc2C1c1ccccc1. The molecule has 0 spiro atoms. The summed E-state index contributed by atoms with van der Waals surface area (Å²) in [5.74, 6) is -0.357. The van der Waals surface area contributed by atoms with Crippen molar-refractivity contribution < 1.29 is 14.5 Å². The summed E-state index contributed by atoms with van der Waals surface area (Å²) in [6, 6.07) is 12.4. The van der Waals surface area contributed by atoms with Gasteiger partial charge in [-0.15, -0.1) is 0 Å². The second-order valence-corrected chi connectivity index (χ2v) is 5.85. The molecule has 1 heterocycles. The van der Waals surface area contributed by atoms with Crippen molar-refractivity contribution in [1.29, 1.82) is 0 Å². The Morgan fingerprint density at radius 3 is 2.69 bits per heavy atom. The van der Waals surface area contributed by atoms with E-state index in [1.807, 2.05) is 30.3 Å². The number of non-ortho nitro benzene ring substituents is 1. The Kier molecular flexibility index (Phi) is 4.83. The molecule has 0 radical (unpaired) electrons. The van der Waals surface area contributed by atoms with E-state index < -0.39 is 17.0 Å². The van der Waals surface area contributed by atoms with Gasteiger partial charge in [0.05, 0.1) is 11.0 Å². The summed E-state index contributed by atoms with van der Waals surface area (Å²) in [5.41, 5.74) is 1.62. The fourth-order valence-electron chi connectivity index (χ4n) is 3.04. The van der Waals surface area contributed by atoms with E-state index in [0.717, 1.165) is 5.56 Å². The summed E-state index contributed by atoms with van der Waals surface area (Å²) in [5, 5.41) is 16.7. The first kappa shape index (κ1) is 17.4. The average molecular weight is 354 g/mol. The topological polar surface area (TPSA) is 105 Å². The highest BCUT2D eigenvalue weighted by Gasteiger charge is 2.34. The lowest BCUT2D eigenvalue weighted by atomic mass is 9.95. The van der Waals surface area contributed by atoms with Gasteiger partial charge < -0.3 is 15.5 Å². The van der Waals surface area contributed by atoms with E-state index in [0.29, 0.717) is 17.8 Å². The zero-order valence-corrected chi connectivity index (χ0v) is 14.1. The number of nitrogens with one attached hydrogen (secondary N) is 2. The predicted molar refractivity (Wildman–Crippen MR) is 95.8 cm³/mol. The molecule has 134 valence electrons. The van der Waals surface area contributed by atoms with Gasteiger partial charge >= 0.3 is 6.03 Å². The van der Waals surface area contributed by atoms with Crippen LogP contribution in [0, 0.1) is 10.1 Å². The predicted octanol–water partition coefficient (Wildman–Crippen LogP) is 2.67. The van der Waals surface area contributed by atoms with E-state index in [2.05, 4.69) is 10.6 Å². The number of hydrogen-bond acceptors (Lipinski definition) is 4. The van der Waals surface area contributed by atoms with E-state index >= 15 is 0 Å². The minimum atomic E-state index is -0.628. The zero-order valence-electron chi connectivity index (χ0n) is 14.1. The van der Waals surface area contributed by atoms with Gasteiger partial charge in [0.2, 0.25) is 5.91 Å². The molecule has 2 aromatic rings. The van der Waals surface area contributed by atoms with Crippen LogP contribution in [0.2, 0.25) is 0 Å². The van der Waals surface area contributed by atoms with E-state index in [4.69, 9.17) is 0 Å². The quantitative estimate of drug-likeness (QED) is 0.653. The van der Waals surface area contributed by atoms with Gasteiger partial charge in [0.25, 0.3) is 5.69 Å². The van der Waals surface area contributed by atoms with Crippen LogP contribution in [-0.2, 0) is 4.79 Å². The number of carbonyl (C=O) groups excluding carboxylic acids is 2. The first-order chi connectivity index (χ1) is 12.5. The van der Waals surface area contributed by atoms with Crippen LogP contribution in [0.1, 0.15) is 24.1 Å². The number of urea groups is 1. The second kappa shape index (κ2) is 7.22. The number of rotatable bonds is 3. The number of amides is 3. The summed E-state index contributed by atoms with van der Waals surface area (Å²) in [7, 11) is 0. The third-order valence-electron chi connectivity index (χ3n) is 4.14.